The fraction of sp³-hybridized carbons (Fsp3) is 0.455. The molecule has 5 heteroatoms. The molecule has 1 aromatic carbocycles. The van der Waals surface area contributed by atoms with E-state index in [1.54, 1.807) is 0 Å². The van der Waals surface area contributed by atoms with E-state index in [1.807, 2.05) is 0 Å². The first-order valence-corrected chi connectivity index (χ1v) is 5.54. The number of benzene rings is 1. The fourth-order valence-electron chi connectivity index (χ4n) is 1.52. The van der Waals surface area contributed by atoms with Gasteiger partial charge in [0.05, 0.1) is 6.10 Å². The highest BCUT2D eigenvalue weighted by Gasteiger charge is 2.20. The molecule has 1 aromatic rings. The maximum Gasteiger partial charge on any atom is 0.123 e. The van der Waals surface area contributed by atoms with Crippen molar-refractivity contribution in [2.45, 2.75) is 25.2 Å². The van der Waals surface area contributed by atoms with E-state index in [-0.39, 0.29) is 18.8 Å². The summed E-state index contributed by atoms with van der Waals surface area (Å²) in [6.07, 6.45) is -1.78. The van der Waals surface area contributed by atoms with E-state index in [0.29, 0.717) is 11.1 Å². The molecule has 0 aliphatic carbocycles. The second-order valence-electron chi connectivity index (χ2n) is 3.54. The van der Waals surface area contributed by atoms with Gasteiger partial charge in [-0.05, 0) is 29.7 Å². The van der Waals surface area contributed by atoms with Crippen molar-refractivity contribution < 1.29 is 14.6 Å². The average molecular weight is 248 g/mol. The molecule has 0 saturated carbocycles. The zero-order chi connectivity index (χ0) is 12.1. The molecule has 90 valence electrons. The number of alkyl halides is 1. The lowest BCUT2D eigenvalue weighted by Crippen LogP contribution is -2.20. The van der Waals surface area contributed by atoms with Gasteiger partial charge in [-0.1, -0.05) is 6.07 Å². The molecule has 0 heterocycles. The number of aliphatic hydroxyl groups is 2. The van der Waals surface area contributed by atoms with Gasteiger partial charge in [0.2, 0.25) is 0 Å². The quantitative estimate of drug-likeness (QED) is 0.688. The molecular formula is C11H15ClFNO2. The van der Waals surface area contributed by atoms with Gasteiger partial charge in [0.25, 0.3) is 0 Å². The Morgan fingerprint density at radius 3 is 2.62 bits per heavy atom. The van der Waals surface area contributed by atoms with Crippen molar-refractivity contribution in [1.82, 2.24) is 0 Å². The van der Waals surface area contributed by atoms with Crippen LogP contribution in [0.5, 0.6) is 0 Å². The van der Waals surface area contributed by atoms with Crippen molar-refractivity contribution in [2.75, 3.05) is 5.88 Å². The summed E-state index contributed by atoms with van der Waals surface area (Å²) in [7, 11) is 0. The normalized spacial score (nSPS) is 14.8. The summed E-state index contributed by atoms with van der Waals surface area (Å²) in [5.74, 6) is -0.166. The molecule has 0 fully saturated rings. The van der Waals surface area contributed by atoms with Crippen molar-refractivity contribution in [2.24, 2.45) is 5.73 Å². The van der Waals surface area contributed by atoms with E-state index < -0.39 is 18.0 Å². The Morgan fingerprint density at radius 1 is 1.38 bits per heavy atom. The molecule has 2 unspecified atom stereocenters. The largest absolute Gasteiger partial charge is 0.390 e. The van der Waals surface area contributed by atoms with Crippen LogP contribution in [0.3, 0.4) is 0 Å². The van der Waals surface area contributed by atoms with Crippen LogP contribution in [0.1, 0.15) is 23.7 Å². The van der Waals surface area contributed by atoms with Crippen LogP contribution in [0.4, 0.5) is 4.39 Å². The van der Waals surface area contributed by atoms with Crippen LogP contribution >= 0.6 is 11.6 Å². The van der Waals surface area contributed by atoms with Crippen molar-refractivity contribution in [3.63, 3.8) is 0 Å². The van der Waals surface area contributed by atoms with Crippen molar-refractivity contribution in [1.29, 1.82) is 0 Å². The van der Waals surface area contributed by atoms with Crippen molar-refractivity contribution in [3.8, 4) is 0 Å². The van der Waals surface area contributed by atoms with E-state index in [1.165, 1.54) is 18.2 Å². The summed E-state index contributed by atoms with van der Waals surface area (Å²) in [4.78, 5) is 0. The number of nitrogens with two attached hydrogens (primary N) is 1. The molecule has 0 spiro atoms. The zero-order valence-corrected chi connectivity index (χ0v) is 9.49. The molecular weight excluding hydrogens is 233 g/mol. The summed E-state index contributed by atoms with van der Waals surface area (Å²) < 4.78 is 12.9. The summed E-state index contributed by atoms with van der Waals surface area (Å²) in [5.41, 5.74) is 6.38. The van der Waals surface area contributed by atoms with Crippen LogP contribution in [0.25, 0.3) is 0 Å². The third kappa shape index (κ3) is 3.15. The monoisotopic (exact) mass is 247 g/mol. The highest BCUT2D eigenvalue weighted by Crippen LogP contribution is 2.23. The van der Waals surface area contributed by atoms with Gasteiger partial charge in [-0.25, -0.2) is 4.39 Å². The lowest BCUT2D eigenvalue weighted by molar-refractivity contribution is 0.0164. The standard InChI is InChI=1S/C11H15ClFNO2/c12-4-3-10(15)11(16)9-2-1-8(13)5-7(9)6-14/h1-2,5,10-11,15-16H,3-4,6,14H2. The minimum absolute atomic E-state index is 0.109. The lowest BCUT2D eigenvalue weighted by Gasteiger charge is -2.19. The van der Waals surface area contributed by atoms with E-state index >= 15 is 0 Å². The first-order chi connectivity index (χ1) is 7.60. The predicted octanol–water partition coefficient (Wildman–Crippen LogP) is 1.31. The smallest absolute Gasteiger partial charge is 0.123 e. The molecule has 1 rings (SSSR count). The van der Waals surface area contributed by atoms with Gasteiger partial charge in [0.1, 0.15) is 11.9 Å². The van der Waals surface area contributed by atoms with Crippen LogP contribution in [0, 0.1) is 5.82 Å². The van der Waals surface area contributed by atoms with Gasteiger partial charge >= 0.3 is 0 Å². The Bertz CT molecular complexity index is 349. The summed E-state index contributed by atoms with van der Waals surface area (Å²) >= 11 is 5.47. The van der Waals surface area contributed by atoms with Crippen LogP contribution in [0.15, 0.2) is 18.2 Å². The Labute approximate surface area is 98.7 Å². The fourth-order valence-corrected chi connectivity index (χ4v) is 1.74. The Morgan fingerprint density at radius 2 is 2.06 bits per heavy atom. The minimum atomic E-state index is -1.09. The van der Waals surface area contributed by atoms with Crippen molar-refractivity contribution in [3.05, 3.63) is 35.1 Å². The number of halogens is 2. The molecule has 3 nitrogen and oxygen atoms in total. The van der Waals surface area contributed by atoms with Gasteiger partial charge < -0.3 is 15.9 Å². The second kappa shape index (κ2) is 6.15. The van der Waals surface area contributed by atoms with Gasteiger partial charge in [0.15, 0.2) is 0 Å². The van der Waals surface area contributed by atoms with Crippen LogP contribution in [-0.4, -0.2) is 22.2 Å². The number of hydrogen-bond donors (Lipinski definition) is 3. The van der Waals surface area contributed by atoms with E-state index in [0.717, 1.165) is 0 Å². The Balaban J connectivity index is 2.93. The highest BCUT2D eigenvalue weighted by atomic mass is 35.5. The predicted molar refractivity (Wildman–Crippen MR) is 60.6 cm³/mol. The average Bonchev–Trinajstić information content (AvgIpc) is 2.28. The summed E-state index contributed by atoms with van der Waals surface area (Å²) in [6, 6.07) is 3.91. The van der Waals surface area contributed by atoms with E-state index in [4.69, 9.17) is 17.3 Å². The Hall–Kier alpha value is -0.680. The maximum atomic E-state index is 12.9. The summed E-state index contributed by atoms with van der Waals surface area (Å²) in [6.45, 7) is 0.109. The molecule has 0 saturated heterocycles. The van der Waals surface area contributed by atoms with E-state index in [2.05, 4.69) is 0 Å². The SMILES string of the molecule is NCc1cc(F)ccc1C(O)C(O)CCCl. The lowest BCUT2D eigenvalue weighted by atomic mass is 9.97. The highest BCUT2D eigenvalue weighted by molar-refractivity contribution is 6.17. The molecule has 4 N–H and O–H groups in total. The van der Waals surface area contributed by atoms with Crippen molar-refractivity contribution >= 4 is 11.6 Å². The minimum Gasteiger partial charge on any atom is -0.390 e. The topological polar surface area (TPSA) is 66.5 Å². The van der Waals surface area contributed by atoms with E-state index in [9.17, 15) is 14.6 Å². The van der Waals surface area contributed by atoms with Gasteiger partial charge in [0, 0.05) is 12.4 Å². The number of aliphatic hydroxyl groups excluding tert-OH is 2. The number of rotatable bonds is 5. The van der Waals surface area contributed by atoms with Gasteiger partial charge in [-0.2, -0.15) is 0 Å². The molecule has 0 amide bonds. The van der Waals surface area contributed by atoms with Crippen LogP contribution in [-0.2, 0) is 6.54 Å². The van der Waals surface area contributed by atoms with Gasteiger partial charge in [-0.15, -0.1) is 11.6 Å². The molecule has 2 atom stereocenters. The molecule has 0 aliphatic rings. The maximum absolute atomic E-state index is 12.9. The molecule has 0 aromatic heterocycles. The molecule has 0 bridgehead atoms. The second-order valence-corrected chi connectivity index (χ2v) is 3.92. The van der Waals surface area contributed by atoms with Gasteiger partial charge in [-0.3, -0.25) is 0 Å². The summed E-state index contributed by atoms with van der Waals surface area (Å²) in [5, 5.41) is 19.4. The third-order valence-corrected chi connectivity index (χ3v) is 2.63. The molecule has 0 radical (unpaired) electrons. The zero-order valence-electron chi connectivity index (χ0n) is 8.74. The third-order valence-electron chi connectivity index (χ3n) is 2.41. The molecule has 0 aliphatic heterocycles. The molecule has 16 heavy (non-hydrogen) atoms. The number of hydrogen-bond acceptors (Lipinski definition) is 3. The first-order valence-electron chi connectivity index (χ1n) is 5.00. The first kappa shape index (κ1) is 13.4. The van der Waals surface area contributed by atoms with Crippen LogP contribution < -0.4 is 5.73 Å². The van der Waals surface area contributed by atoms with Crippen LogP contribution in [0.2, 0.25) is 0 Å². The Kier molecular flexibility index (Phi) is 5.15.